The standard InChI is InChI=1S/C20H26N2O2.ClH/c1-24-15-14-22(13-5-8-17-6-3-2-4-7-17)20(23)19-11-9-18(16-21)10-12-19;/h2-4,6-7,9-12H,5,8,13-16,21H2,1H3;1H. The van der Waals surface area contributed by atoms with E-state index in [-0.39, 0.29) is 18.3 Å². The normalized spacial score (nSPS) is 10.2. The van der Waals surface area contributed by atoms with Crippen LogP contribution in [0.2, 0.25) is 0 Å². The number of aryl methyl sites for hydroxylation is 1. The van der Waals surface area contributed by atoms with Gasteiger partial charge in [-0.05, 0) is 36.1 Å². The first-order valence-corrected chi connectivity index (χ1v) is 8.35. The van der Waals surface area contributed by atoms with Crippen LogP contribution in [0.4, 0.5) is 0 Å². The van der Waals surface area contributed by atoms with Crippen molar-refractivity contribution in [3.63, 3.8) is 0 Å². The Bertz CT molecular complexity index is 617. The molecule has 0 spiro atoms. The van der Waals surface area contributed by atoms with Gasteiger partial charge < -0.3 is 15.4 Å². The van der Waals surface area contributed by atoms with Crippen LogP contribution < -0.4 is 5.73 Å². The minimum absolute atomic E-state index is 0. The second kappa shape index (κ2) is 11.6. The highest BCUT2D eigenvalue weighted by molar-refractivity contribution is 5.94. The summed E-state index contributed by atoms with van der Waals surface area (Å²) in [6.07, 6.45) is 1.89. The number of ether oxygens (including phenoxy) is 1. The molecule has 0 aliphatic carbocycles. The number of carbonyl (C=O) groups is 1. The number of hydrogen-bond donors (Lipinski definition) is 1. The molecule has 0 saturated heterocycles. The van der Waals surface area contributed by atoms with Crippen molar-refractivity contribution in [3.8, 4) is 0 Å². The third-order valence-corrected chi connectivity index (χ3v) is 4.03. The van der Waals surface area contributed by atoms with Crippen molar-refractivity contribution < 1.29 is 9.53 Å². The Morgan fingerprint density at radius 3 is 2.28 bits per heavy atom. The molecule has 4 nitrogen and oxygen atoms in total. The molecule has 0 radical (unpaired) electrons. The lowest BCUT2D eigenvalue weighted by molar-refractivity contribution is 0.0693. The van der Waals surface area contributed by atoms with Gasteiger partial charge in [0.05, 0.1) is 6.61 Å². The zero-order chi connectivity index (χ0) is 17.2. The lowest BCUT2D eigenvalue weighted by Crippen LogP contribution is -2.35. The van der Waals surface area contributed by atoms with Crippen LogP contribution in [0.3, 0.4) is 0 Å². The largest absolute Gasteiger partial charge is 0.383 e. The molecule has 0 aliphatic heterocycles. The van der Waals surface area contributed by atoms with Gasteiger partial charge in [-0.1, -0.05) is 42.5 Å². The Kier molecular flexibility index (Phi) is 9.85. The number of carbonyl (C=O) groups excluding carboxylic acids is 1. The summed E-state index contributed by atoms with van der Waals surface area (Å²) in [7, 11) is 1.66. The molecule has 0 aliphatic rings. The predicted molar refractivity (Wildman–Crippen MR) is 104 cm³/mol. The highest BCUT2D eigenvalue weighted by Crippen LogP contribution is 2.10. The van der Waals surface area contributed by atoms with Crippen molar-refractivity contribution >= 4 is 18.3 Å². The number of methoxy groups -OCH3 is 1. The quantitative estimate of drug-likeness (QED) is 0.744. The Hall–Kier alpha value is -1.88. The van der Waals surface area contributed by atoms with Crippen LogP contribution in [-0.2, 0) is 17.7 Å². The van der Waals surface area contributed by atoms with E-state index in [9.17, 15) is 4.79 Å². The van der Waals surface area contributed by atoms with E-state index in [0.717, 1.165) is 24.9 Å². The maximum absolute atomic E-state index is 12.7. The van der Waals surface area contributed by atoms with E-state index in [1.165, 1.54) is 5.56 Å². The second-order valence-corrected chi connectivity index (χ2v) is 5.78. The molecule has 0 bridgehead atoms. The van der Waals surface area contributed by atoms with Gasteiger partial charge in [0, 0.05) is 32.3 Å². The molecule has 25 heavy (non-hydrogen) atoms. The van der Waals surface area contributed by atoms with Gasteiger partial charge in [0.15, 0.2) is 0 Å². The molecular weight excluding hydrogens is 336 g/mol. The number of amides is 1. The molecule has 0 unspecified atom stereocenters. The zero-order valence-electron chi connectivity index (χ0n) is 14.7. The average molecular weight is 363 g/mol. The van der Waals surface area contributed by atoms with Crippen molar-refractivity contribution in [2.45, 2.75) is 19.4 Å². The Morgan fingerprint density at radius 2 is 1.68 bits per heavy atom. The van der Waals surface area contributed by atoms with Gasteiger partial charge >= 0.3 is 0 Å². The van der Waals surface area contributed by atoms with E-state index >= 15 is 0 Å². The van der Waals surface area contributed by atoms with E-state index in [4.69, 9.17) is 10.5 Å². The van der Waals surface area contributed by atoms with E-state index in [0.29, 0.717) is 25.3 Å². The van der Waals surface area contributed by atoms with Crippen LogP contribution >= 0.6 is 12.4 Å². The van der Waals surface area contributed by atoms with Crippen LogP contribution in [0.1, 0.15) is 27.9 Å². The maximum Gasteiger partial charge on any atom is 0.253 e. The summed E-state index contributed by atoms with van der Waals surface area (Å²) < 4.78 is 5.15. The molecule has 0 aromatic heterocycles. The first kappa shape index (κ1) is 21.2. The molecule has 2 aromatic rings. The van der Waals surface area contributed by atoms with Crippen molar-refractivity contribution in [2.75, 3.05) is 26.8 Å². The number of hydrogen-bond acceptors (Lipinski definition) is 3. The minimum atomic E-state index is 0. The first-order chi connectivity index (χ1) is 11.7. The van der Waals surface area contributed by atoms with E-state index in [1.54, 1.807) is 7.11 Å². The zero-order valence-corrected chi connectivity index (χ0v) is 15.5. The maximum atomic E-state index is 12.7. The molecule has 5 heteroatoms. The molecule has 2 aromatic carbocycles. The summed E-state index contributed by atoms with van der Waals surface area (Å²) >= 11 is 0. The van der Waals surface area contributed by atoms with Gasteiger partial charge in [-0.25, -0.2) is 0 Å². The molecule has 2 N–H and O–H groups in total. The van der Waals surface area contributed by atoms with Gasteiger partial charge in [0.2, 0.25) is 0 Å². The number of halogens is 1. The Balaban J connectivity index is 0.00000312. The molecular formula is C20H27ClN2O2. The van der Waals surface area contributed by atoms with Crippen LogP contribution in [0.15, 0.2) is 54.6 Å². The third kappa shape index (κ3) is 6.86. The third-order valence-electron chi connectivity index (χ3n) is 4.03. The lowest BCUT2D eigenvalue weighted by atomic mass is 10.1. The molecule has 0 fully saturated rings. The smallest absolute Gasteiger partial charge is 0.253 e. The van der Waals surface area contributed by atoms with Crippen LogP contribution in [0.25, 0.3) is 0 Å². The fourth-order valence-electron chi connectivity index (χ4n) is 2.60. The lowest BCUT2D eigenvalue weighted by Gasteiger charge is -2.22. The van der Waals surface area contributed by atoms with Gasteiger partial charge in [-0.2, -0.15) is 0 Å². The van der Waals surface area contributed by atoms with Crippen LogP contribution in [0, 0.1) is 0 Å². The van der Waals surface area contributed by atoms with Crippen molar-refractivity contribution in [3.05, 3.63) is 71.3 Å². The fraction of sp³-hybridized carbons (Fsp3) is 0.350. The van der Waals surface area contributed by atoms with E-state index in [1.807, 2.05) is 47.4 Å². The van der Waals surface area contributed by atoms with Gasteiger partial charge in [-0.3, -0.25) is 4.79 Å². The molecule has 1 amide bonds. The summed E-state index contributed by atoms with van der Waals surface area (Å²) in [5, 5.41) is 0. The monoisotopic (exact) mass is 362 g/mol. The van der Waals surface area contributed by atoms with E-state index in [2.05, 4.69) is 12.1 Å². The summed E-state index contributed by atoms with van der Waals surface area (Å²) in [6.45, 7) is 2.34. The number of rotatable bonds is 9. The van der Waals surface area contributed by atoms with E-state index < -0.39 is 0 Å². The summed E-state index contributed by atoms with van der Waals surface area (Å²) in [4.78, 5) is 14.6. The molecule has 136 valence electrons. The van der Waals surface area contributed by atoms with Gasteiger partial charge in [0.1, 0.15) is 0 Å². The number of benzene rings is 2. The summed E-state index contributed by atoms with van der Waals surface area (Å²) in [5.74, 6) is 0.0451. The average Bonchev–Trinajstić information content (AvgIpc) is 2.65. The second-order valence-electron chi connectivity index (χ2n) is 5.78. The number of nitrogens with two attached hydrogens (primary N) is 1. The molecule has 2 rings (SSSR count). The Morgan fingerprint density at radius 1 is 1.00 bits per heavy atom. The van der Waals surface area contributed by atoms with Crippen molar-refractivity contribution in [1.82, 2.24) is 4.90 Å². The van der Waals surface area contributed by atoms with Crippen molar-refractivity contribution in [2.24, 2.45) is 5.73 Å². The number of nitrogens with zero attached hydrogens (tertiary/aromatic N) is 1. The Labute approximate surface area is 156 Å². The first-order valence-electron chi connectivity index (χ1n) is 8.35. The molecule has 0 atom stereocenters. The predicted octanol–water partition coefficient (Wildman–Crippen LogP) is 3.29. The minimum Gasteiger partial charge on any atom is -0.383 e. The summed E-state index contributed by atoms with van der Waals surface area (Å²) in [6, 6.07) is 17.9. The fourth-order valence-corrected chi connectivity index (χ4v) is 2.60. The highest BCUT2D eigenvalue weighted by atomic mass is 35.5. The highest BCUT2D eigenvalue weighted by Gasteiger charge is 2.15. The molecule has 0 saturated carbocycles. The van der Waals surface area contributed by atoms with Crippen molar-refractivity contribution in [1.29, 1.82) is 0 Å². The van der Waals surface area contributed by atoms with Crippen LogP contribution in [0.5, 0.6) is 0 Å². The SMILES string of the molecule is COCCN(CCCc1ccccc1)C(=O)c1ccc(CN)cc1.Cl. The topological polar surface area (TPSA) is 55.6 Å². The van der Waals surface area contributed by atoms with Gasteiger partial charge in [0.25, 0.3) is 5.91 Å². The van der Waals surface area contributed by atoms with Gasteiger partial charge in [-0.15, -0.1) is 12.4 Å². The summed E-state index contributed by atoms with van der Waals surface area (Å²) in [5.41, 5.74) is 8.63. The van der Waals surface area contributed by atoms with Crippen LogP contribution in [-0.4, -0.2) is 37.6 Å². The molecule has 0 heterocycles.